The molecule has 0 spiro atoms. The minimum absolute atomic E-state index is 0.252. The minimum atomic E-state index is -0.252. The third-order valence-corrected chi connectivity index (χ3v) is 4.12. The number of aliphatic imine (C=N–C) groups is 1. The number of rotatable bonds is 5. The molecule has 2 aliphatic rings. The zero-order valence-corrected chi connectivity index (χ0v) is 13.1. The third-order valence-electron chi connectivity index (χ3n) is 4.12. The highest BCUT2D eigenvalue weighted by atomic mass is 19.1. The van der Waals surface area contributed by atoms with E-state index in [9.17, 15) is 4.39 Å². The van der Waals surface area contributed by atoms with Crippen molar-refractivity contribution in [2.45, 2.75) is 32.2 Å². The smallest absolute Gasteiger partial charge is 0.191 e. The number of pyridine rings is 1. The van der Waals surface area contributed by atoms with Gasteiger partial charge in [-0.05, 0) is 44.2 Å². The number of hydrogen-bond donors (Lipinski definition) is 2. The lowest BCUT2D eigenvalue weighted by molar-refractivity contribution is 0.612. The maximum Gasteiger partial charge on any atom is 0.191 e. The standard InChI is InChI=1S/C16H24FN5/c1-2-18-16(20-10-12-5-6-12)21-13-7-9-22(11-13)15-14(17)4-3-8-19-15/h3-4,8,12-13H,2,5-7,9-11H2,1H3,(H2,18,20,21). The highest BCUT2D eigenvalue weighted by molar-refractivity contribution is 5.80. The van der Waals surface area contributed by atoms with Crippen LogP contribution >= 0.6 is 0 Å². The van der Waals surface area contributed by atoms with E-state index in [0.29, 0.717) is 5.82 Å². The quantitative estimate of drug-likeness (QED) is 0.643. The third kappa shape index (κ3) is 3.87. The molecule has 3 rings (SSSR count). The van der Waals surface area contributed by atoms with Crippen LogP contribution in [0.15, 0.2) is 23.3 Å². The van der Waals surface area contributed by atoms with Crippen LogP contribution in [0.3, 0.4) is 0 Å². The van der Waals surface area contributed by atoms with Crippen LogP contribution in [-0.4, -0.2) is 43.2 Å². The van der Waals surface area contributed by atoms with Crippen molar-refractivity contribution in [2.75, 3.05) is 31.1 Å². The molecule has 0 aromatic carbocycles. The first-order valence-electron chi connectivity index (χ1n) is 8.16. The fraction of sp³-hybridized carbons (Fsp3) is 0.625. The Kier molecular flexibility index (Phi) is 4.75. The first kappa shape index (κ1) is 15.1. The monoisotopic (exact) mass is 305 g/mol. The molecular formula is C16H24FN5. The molecular weight excluding hydrogens is 281 g/mol. The van der Waals surface area contributed by atoms with Crippen molar-refractivity contribution in [1.82, 2.24) is 15.6 Å². The predicted octanol–water partition coefficient (Wildman–Crippen LogP) is 1.76. The molecule has 2 heterocycles. The second-order valence-corrected chi connectivity index (χ2v) is 6.05. The molecule has 1 aliphatic heterocycles. The van der Waals surface area contributed by atoms with Gasteiger partial charge in [0.25, 0.3) is 0 Å². The van der Waals surface area contributed by atoms with Crippen molar-refractivity contribution in [3.05, 3.63) is 24.1 Å². The summed E-state index contributed by atoms with van der Waals surface area (Å²) in [5.74, 6) is 1.85. The van der Waals surface area contributed by atoms with Gasteiger partial charge in [-0.15, -0.1) is 0 Å². The van der Waals surface area contributed by atoms with E-state index in [2.05, 4.69) is 27.5 Å². The van der Waals surface area contributed by atoms with Gasteiger partial charge in [0.1, 0.15) is 0 Å². The number of aromatic nitrogens is 1. The molecule has 1 aliphatic carbocycles. The zero-order valence-electron chi connectivity index (χ0n) is 13.1. The average Bonchev–Trinajstić information content (AvgIpc) is 3.24. The first-order chi connectivity index (χ1) is 10.8. The molecule has 2 N–H and O–H groups in total. The van der Waals surface area contributed by atoms with Gasteiger partial charge in [-0.2, -0.15) is 0 Å². The van der Waals surface area contributed by atoms with Crippen molar-refractivity contribution < 1.29 is 4.39 Å². The van der Waals surface area contributed by atoms with Crippen LogP contribution in [0.5, 0.6) is 0 Å². The number of halogens is 1. The van der Waals surface area contributed by atoms with Crippen molar-refractivity contribution in [1.29, 1.82) is 0 Å². The highest BCUT2D eigenvalue weighted by Crippen LogP contribution is 2.28. The summed E-state index contributed by atoms with van der Waals surface area (Å²) in [7, 11) is 0. The van der Waals surface area contributed by atoms with Crippen LogP contribution in [0.1, 0.15) is 26.2 Å². The Morgan fingerprint density at radius 1 is 1.45 bits per heavy atom. The SMILES string of the molecule is CCNC(=NCC1CC1)NC1CCN(c2ncccc2F)C1. The summed E-state index contributed by atoms with van der Waals surface area (Å²) in [5, 5.41) is 6.76. The largest absolute Gasteiger partial charge is 0.357 e. The van der Waals surface area contributed by atoms with Crippen LogP contribution in [0.25, 0.3) is 0 Å². The van der Waals surface area contributed by atoms with Gasteiger partial charge in [-0.1, -0.05) is 0 Å². The summed E-state index contributed by atoms with van der Waals surface area (Å²) in [6.07, 6.45) is 5.21. The van der Waals surface area contributed by atoms with Crippen LogP contribution in [0.4, 0.5) is 10.2 Å². The molecule has 1 aromatic heterocycles. The van der Waals surface area contributed by atoms with Gasteiger partial charge in [0, 0.05) is 38.4 Å². The number of anilines is 1. The van der Waals surface area contributed by atoms with Gasteiger partial charge in [-0.25, -0.2) is 9.37 Å². The Hall–Kier alpha value is -1.85. The molecule has 1 saturated heterocycles. The predicted molar refractivity (Wildman–Crippen MR) is 86.7 cm³/mol. The van der Waals surface area contributed by atoms with Gasteiger partial charge in [-0.3, -0.25) is 4.99 Å². The molecule has 120 valence electrons. The fourth-order valence-electron chi connectivity index (χ4n) is 2.71. The number of nitrogens with zero attached hydrogens (tertiary/aromatic N) is 3. The molecule has 6 heteroatoms. The summed E-state index contributed by atoms with van der Waals surface area (Å²) in [6, 6.07) is 3.36. The van der Waals surface area contributed by atoms with Gasteiger partial charge in [0.2, 0.25) is 0 Å². The van der Waals surface area contributed by atoms with E-state index >= 15 is 0 Å². The molecule has 0 radical (unpaired) electrons. The summed E-state index contributed by atoms with van der Waals surface area (Å²) >= 11 is 0. The molecule has 2 fully saturated rings. The number of hydrogen-bond acceptors (Lipinski definition) is 3. The zero-order chi connectivity index (χ0) is 15.4. The van der Waals surface area contributed by atoms with Gasteiger partial charge >= 0.3 is 0 Å². The lowest BCUT2D eigenvalue weighted by atomic mass is 10.3. The van der Waals surface area contributed by atoms with E-state index in [4.69, 9.17) is 0 Å². The molecule has 0 bridgehead atoms. The van der Waals surface area contributed by atoms with Gasteiger partial charge in [0.15, 0.2) is 17.6 Å². The maximum atomic E-state index is 13.8. The van der Waals surface area contributed by atoms with E-state index in [1.54, 1.807) is 12.3 Å². The van der Waals surface area contributed by atoms with Crippen LogP contribution in [0, 0.1) is 11.7 Å². The van der Waals surface area contributed by atoms with E-state index in [-0.39, 0.29) is 11.9 Å². The Morgan fingerprint density at radius 2 is 2.32 bits per heavy atom. The van der Waals surface area contributed by atoms with E-state index < -0.39 is 0 Å². The molecule has 0 amide bonds. The van der Waals surface area contributed by atoms with Crippen LogP contribution in [-0.2, 0) is 0 Å². The van der Waals surface area contributed by atoms with Gasteiger partial charge < -0.3 is 15.5 Å². The van der Waals surface area contributed by atoms with E-state index in [0.717, 1.165) is 44.5 Å². The molecule has 5 nitrogen and oxygen atoms in total. The Bertz CT molecular complexity index is 529. The lowest BCUT2D eigenvalue weighted by Gasteiger charge is -2.19. The van der Waals surface area contributed by atoms with Gasteiger partial charge in [0.05, 0.1) is 0 Å². The van der Waals surface area contributed by atoms with Crippen LogP contribution < -0.4 is 15.5 Å². The van der Waals surface area contributed by atoms with E-state index in [1.165, 1.54) is 18.9 Å². The molecule has 1 aromatic rings. The minimum Gasteiger partial charge on any atom is -0.357 e. The van der Waals surface area contributed by atoms with Crippen molar-refractivity contribution in [3.63, 3.8) is 0 Å². The van der Waals surface area contributed by atoms with Crippen LogP contribution in [0.2, 0.25) is 0 Å². The fourth-order valence-corrected chi connectivity index (χ4v) is 2.71. The topological polar surface area (TPSA) is 52.6 Å². The number of nitrogens with one attached hydrogen (secondary N) is 2. The molecule has 1 atom stereocenters. The highest BCUT2D eigenvalue weighted by Gasteiger charge is 2.26. The van der Waals surface area contributed by atoms with Crippen molar-refractivity contribution in [3.8, 4) is 0 Å². The first-order valence-corrected chi connectivity index (χ1v) is 8.16. The van der Waals surface area contributed by atoms with Crippen molar-refractivity contribution >= 4 is 11.8 Å². The second kappa shape index (κ2) is 6.94. The average molecular weight is 305 g/mol. The molecule has 22 heavy (non-hydrogen) atoms. The normalized spacial score (nSPS) is 22.0. The second-order valence-electron chi connectivity index (χ2n) is 6.05. The Morgan fingerprint density at radius 3 is 3.05 bits per heavy atom. The van der Waals surface area contributed by atoms with E-state index in [1.807, 2.05) is 4.90 Å². The Balaban J connectivity index is 1.57. The summed E-state index contributed by atoms with van der Waals surface area (Å²) in [5.41, 5.74) is 0. The molecule has 1 unspecified atom stereocenters. The maximum absolute atomic E-state index is 13.8. The summed E-state index contributed by atoms with van der Waals surface area (Å²) in [6.45, 7) is 5.39. The lowest BCUT2D eigenvalue weighted by Crippen LogP contribution is -2.44. The summed E-state index contributed by atoms with van der Waals surface area (Å²) < 4.78 is 13.8. The summed E-state index contributed by atoms with van der Waals surface area (Å²) in [4.78, 5) is 10.8. The Labute approximate surface area is 131 Å². The number of guanidine groups is 1. The molecule has 1 saturated carbocycles. The van der Waals surface area contributed by atoms with Crippen molar-refractivity contribution in [2.24, 2.45) is 10.9 Å².